The average molecular weight is 356 g/mol. The molecule has 6 heteroatoms. The van der Waals surface area contributed by atoms with Crippen molar-refractivity contribution in [2.24, 2.45) is 0 Å². The molecule has 0 aliphatic rings. The topological polar surface area (TPSA) is 46.1 Å². The molecule has 0 radical (unpaired) electrons. The molecule has 3 rings (SSSR count). The van der Waals surface area contributed by atoms with Gasteiger partial charge in [-0.2, -0.15) is 0 Å². The molecule has 0 spiro atoms. The van der Waals surface area contributed by atoms with Gasteiger partial charge in [0.15, 0.2) is 0 Å². The third kappa shape index (κ3) is 3.88. The maximum atomic E-state index is 12.3. The number of rotatable bonds is 4. The predicted molar refractivity (Wildman–Crippen MR) is 99.2 cm³/mol. The second-order valence-electron chi connectivity index (χ2n) is 5.04. The lowest BCUT2D eigenvalue weighted by Crippen LogP contribution is -2.23. The lowest BCUT2D eigenvalue weighted by Gasteiger charge is -2.09. The second-order valence-corrected chi connectivity index (χ2v) is 6.43. The van der Waals surface area contributed by atoms with Crippen LogP contribution in [0.3, 0.4) is 0 Å². The zero-order chi connectivity index (χ0) is 16.9. The molecule has 2 aromatic carbocycles. The van der Waals surface area contributed by atoms with Gasteiger partial charge in [0.25, 0.3) is 5.91 Å². The van der Waals surface area contributed by atoms with E-state index < -0.39 is 0 Å². The van der Waals surface area contributed by atoms with E-state index in [4.69, 9.17) is 11.6 Å². The fraction of sp³-hybridized carbons (Fsp3) is 0.0556. The molecule has 0 bridgehead atoms. The monoisotopic (exact) mass is 355 g/mol. The smallest absolute Gasteiger partial charge is 0.252 e. The number of aromatic nitrogens is 2. The summed E-state index contributed by atoms with van der Waals surface area (Å²) in [6.45, 7) is 0. The first-order valence-corrected chi connectivity index (χ1v) is 8.43. The van der Waals surface area contributed by atoms with E-state index in [1.54, 1.807) is 25.3 Å². The molecule has 120 valence electrons. The van der Waals surface area contributed by atoms with Crippen LogP contribution in [0.4, 0.5) is 5.13 Å². The quantitative estimate of drug-likeness (QED) is 0.646. The number of anilines is 1. The van der Waals surface area contributed by atoms with Crippen LogP contribution in [0.1, 0.15) is 5.56 Å². The number of carbonyl (C=O) groups excluding carboxylic acids is 1. The van der Waals surface area contributed by atoms with E-state index in [0.717, 1.165) is 16.1 Å². The van der Waals surface area contributed by atoms with Crippen LogP contribution in [-0.4, -0.2) is 23.2 Å². The molecular weight excluding hydrogens is 342 g/mol. The van der Waals surface area contributed by atoms with Crippen LogP contribution in [0.25, 0.3) is 16.6 Å². The minimum atomic E-state index is -0.155. The van der Waals surface area contributed by atoms with Gasteiger partial charge in [-0.05, 0) is 23.8 Å². The third-order valence-corrected chi connectivity index (χ3v) is 4.64. The van der Waals surface area contributed by atoms with Gasteiger partial charge in [0, 0.05) is 23.7 Å². The van der Waals surface area contributed by atoms with E-state index >= 15 is 0 Å². The molecule has 1 amide bonds. The molecule has 1 heterocycles. The maximum absolute atomic E-state index is 12.3. The summed E-state index contributed by atoms with van der Waals surface area (Å²) in [5.74, 6) is -0.155. The van der Waals surface area contributed by atoms with Crippen LogP contribution >= 0.6 is 22.9 Å². The van der Waals surface area contributed by atoms with Crippen LogP contribution in [0.5, 0.6) is 0 Å². The summed E-state index contributed by atoms with van der Waals surface area (Å²) in [6.07, 6.45) is 3.30. The molecule has 0 saturated heterocycles. The predicted octanol–water partition coefficient (Wildman–Crippen LogP) is 4.53. The standard InChI is InChI=1S/C18H14ClN3OS/c1-22(16(23)12-7-13-5-3-2-4-6-13)18-21-20-17(24-18)14-8-10-15(19)11-9-14/h2-12H,1H3. The molecule has 0 fully saturated rings. The average Bonchev–Trinajstić information content (AvgIpc) is 3.10. The first-order chi connectivity index (χ1) is 11.6. The summed E-state index contributed by atoms with van der Waals surface area (Å²) in [4.78, 5) is 13.8. The highest BCUT2D eigenvalue weighted by Crippen LogP contribution is 2.29. The Bertz CT molecular complexity index is 859. The fourth-order valence-electron chi connectivity index (χ4n) is 2.00. The maximum Gasteiger partial charge on any atom is 0.252 e. The Labute approximate surface area is 149 Å². The van der Waals surface area contributed by atoms with Gasteiger partial charge in [0.05, 0.1) is 0 Å². The SMILES string of the molecule is CN(C(=O)C=Cc1ccccc1)c1nnc(-c2ccc(Cl)cc2)s1. The van der Waals surface area contributed by atoms with Gasteiger partial charge in [-0.1, -0.05) is 65.4 Å². The molecule has 1 aromatic heterocycles. The van der Waals surface area contributed by atoms with Gasteiger partial charge in [-0.25, -0.2) is 0 Å². The van der Waals surface area contributed by atoms with E-state index in [2.05, 4.69) is 10.2 Å². The molecule has 0 aliphatic carbocycles. The Morgan fingerprint density at radius 2 is 1.79 bits per heavy atom. The van der Waals surface area contributed by atoms with Crippen LogP contribution < -0.4 is 4.90 Å². The number of hydrogen-bond donors (Lipinski definition) is 0. The van der Waals surface area contributed by atoms with Crippen LogP contribution in [0.2, 0.25) is 5.02 Å². The number of likely N-dealkylation sites (N-methyl/N-ethyl adjacent to an activating group) is 1. The van der Waals surface area contributed by atoms with Gasteiger partial charge < -0.3 is 0 Å². The van der Waals surface area contributed by atoms with Crippen LogP contribution in [-0.2, 0) is 4.79 Å². The van der Waals surface area contributed by atoms with E-state index in [1.807, 2.05) is 42.5 Å². The zero-order valence-electron chi connectivity index (χ0n) is 12.9. The summed E-state index contributed by atoms with van der Waals surface area (Å²) < 4.78 is 0. The molecule has 24 heavy (non-hydrogen) atoms. The van der Waals surface area contributed by atoms with Crippen LogP contribution in [0, 0.1) is 0 Å². The van der Waals surface area contributed by atoms with Gasteiger partial charge in [-0.15, -0.1) is 10.2 Å². The van der Waals surface area contributed by atoms with E-state index in [0.29, 0.717) is 10.2 Å². The Morgan fingerprint density at radius 1 is 1.08 bits per heavy atom. The summed E-state index contributed by atoms with van der Waals surface area (Å²) in [6, 6.07) is 17.0. The van der Waals surface area contributed by atoms with Crippen LogP contribution in [0.15, 0.2) is 60.7 Å². The molecule has 0 unspecified atom stereocenters. The zero-order valence-corrected chi connectivity index (χ0v) is 14.5. The van der Waals surface area contributed by atoms with E-state index in [9.17, 15) is 4.79 Å². The molecule has 3 aromatic rings. The molecular formula is C18H14ClN3OS. The highest BCUT2D eigenvalue weighted by molar-refractivity contribution is 7.18. The number of carbonyl (C=O) groups is 1. The normalized spacial score (nSPS) is 10.9. The number of nitrogens with zero attached hydrogens (tertiary/aromatic N) is 3. The lowest BCUT2D eigenvalue weighted by atomic mass is 10.2. The van der Waals surface area contributed by atoms with Gasteiger partial charge in [0.1, 0.15) is 5.01 Å². The number of benzene rings is 2. The molecule has 4 nitrogen and oxygen atoms in total. The number of halogens is 1. The molecule has 0 N–H and O–H groups in total. The fourth-order valence-corrected chi connectivity index (χ4v) is 2.94. The first kappa shape index (κ1) is 16.4. The van der Waals surface area contributed by atoms with Crippen molar-refractivity contribution in [3.63, 3.8) is 0 Å². The summed E-state index contributed by atoms with van der Waals surface area (Å²) in [7, 11) is 1.68. The van der Waals surface area contributed by atoms with Crippen molar-refractivity contribution in [2.75, 3.05) is 11.9 Å². The van der Waals surface area contributed by atoms with Gasteiger partial charge >= 0.3 is 0 Å². The largest absolute Gasteiger partial charge is 0.286 e. The number of amides is 1. The minimum absolute atomic E-state index is 0.155. The van der Waals surface area contributed by atoms with Crippen molar-refractivity contribution in [3.05, 3.63) is 71.3 Å². The van der Waals surface area contributed by atoms with Crippen molar-refractivity contribution < 1.29 is 4.79 Å². The third-order valence-electron chi connectivity index (χ3n) is 3.34. The lowest BCUT2D eigenvalue weighted by molar-refractivity contribution is -0.113. The van der Waals surface area contributed by atoms with Gasteiger partial charge in [0.2, 0.25) is 5.13 Å². The highest BCUT2D eigenvalue weighted by Gasteiger charge is 2.14. The minimum Gasteiger partial charge on any atom is -0.286 e. The summed E-state index contributed by atoms with van der Waals surface area (Å²) in [5.41, 5.74) is 1.89. The van der Waals surface area contributed by atoms with E-state index in [-0.39, 0.29) is 5.91 Å². The Kier molecular flexibility index (Phi) is 5.03. The Balaban J connectivity index is 1.73. The highest BCUT2D eigenvalue weighted by atomic mass is 35.5. The molecule has 0 aliphatic heterocycles. The summed E-state index contributed by atoms with van der Waals surface area (Å²) >= 11 is 7.24. The number of hydrogen-bond acceptors (Lipinski definition) is 4. The second kappa shape index (κ2) is 7.38. The van der Waals surface area contributed by atoms with Crippen molar-refractivity contribution in [3.8, 4) is 10.6 Å². The van der Waals surface area contributed by atoms with Crippen molar-refractivity contribution in [2.45, 2.75) is 0 Å². The van der Waals surface area contributed by atoms with Crippen molar-refractivity contribution in [1.29, 1.82) is 0 Å². The van der Waals surface area contributed by atoms with Gasteiger partial charge in [-0.3, -0.25) is 9.69 Å². The van der Waals surface area contributed by atoms with E-state index in [1.165, 1.54) is 22.3 Å². The van der Waals surface area contributed by atoms with Crippen molar-refractivity contribution in [1.82, 2.24) is 10.2 Å². The first-order valence-electron chi connectivity index (χ1n) is 7.24. The van der Waals surface area contributed by atoms with Crippen molar-refractivity contribution >= 4 is 40.1 Å². The Hall–Kier alpha value is -2.50. The molecule has 0 saturated carbocycles. The Morgan fingerprint density at radius 3 is 2.50 bits per heavy atom. The summed E-state index contributed by atoms with van der Waals surface area (Å²) in [5, 5.41) is 10.2. The molecule has 0 atom stereocenters.